The van der Waals surface area contributed by atoms with Gasteiger partial charge in [-0.1, -0.05) is 12.1 Å². The maximum Gasteiger partial charge on any atom is 0.233 e. The Hall–Kier alpha value is -1.60. The number of likely N-dealkylation sites (N-methyl/N-ethyl adjacent to an activating group) is 1. The Morgan fingerprint density at radius 2 is 1.91 bits per heavy atom. The standard InChI is InChI=1S/C15H20FN3O2S/c1-17-14(20)10-18-6-8-19(9-7-18)15(21)11-22-13-5-3-2-4-12(13)16/h2-5H,6-11H2,1H3,(H,17,20). The van der Waals surface area contributed by atoms with E-state index in [1.165, 1.54) is 17.8 Å². The van der Waals surface area contributed by atoms with Crippen molar-refractivity contribution in [1.29, 1.82) is 0 Å². The van der Waals surface area contributed by atoms with Gasteiger partial charge >= 0.3 is 0 Å². The fourth-order valence-corrected chi connectivity index (χ4v) is 3.07. The Bertz CT molecular complexity index is 533. The molecule has 0 spiro atoms. The highest BCUT2D eigenvalue weighted by molar-refractivity contribution is 8.00. The van der Waals surface area contributed by atoms with Gasteiger partial charge in [-0.25, -0.2) is 4.39 Å². The summed E-state index contributed by atoms with van der Waals surface area (Å²) in [7, 11) is 1.61. The van der Waals surface area contributed by atoms with Crippen LogP contribution in [0.4, 0.5) is 4.39 Å². The lowest BCUT2D eigenvalue weighted by molar-refractivity contribution is -0.130. The lowest BCUT2D eigenvalue weighted by Gasteiger charge is -2.34. The first-order valence-corrected chi connectivity index (χ1v) is 8.16. The monoisotopic (exact) mass is 325 g/mol. The number of piperazine rings is 1. The van der Waals surface area contributed by atoms with Crippen LogP contribution in [0.3, 0.4) is 0 Å². The van der Waals surface area contributed by atoms with Crippen molar-refractivity contribution in [3.63, 3.8) is 0 Å². The number of carbonyl (C=O) groups excluding carboxylic acids is 2. The van der Waals surface area contributed by atoms with Crippen LogP contribution in [0.15, 0.2) is 29.2 Å². The minimum Gasteiger partial charge on any atom is -0.358 e. The van der Waals surface area contributed by atoms with Crippen LogP contribution in [0.1, 0.15) is 0 Å². The van der Waals surface area contributed by atoms with E-state index in [9.17, 15) is 14.0 Å². The minimum absolute atomic E-state index is 0.00726. The number of nitrogens with zero attached hydrogens (tertiary/aromatic N) is 2. The summed E-state index contributed by atoms with van der Waals surface area (Å²) < 4.78 is 13.5. The van der Waals surface area contributed by atoms with Gasteiger partial charge in [-0.15, -0.1) is 11.8 Å². The number of thioether (sulfide) groups is 1. The zero-order chi connectivity index (χ0) is 15.9. The molecular weight excluding hydrogens is 305 g/mol. The Kier molecular flexibility index (Phi) is 6.21. The Morgan fingerprint density at radius 3 is 2.55 bits per heavy atom. The number of rotatable bonds is 5. The normalized spacial score (nSPS) is 15.6. The van der Waals surface area contributed by atoms with Crippen molar-refractivity contribution >= 4 is 23.6 Å². The molecule has 7 heteroatoms. The molecule has 1 aromatic rings. The van der Waals surface area contributed by atoms with E-state index in [1.54, 1.807) is 30.1 Å². The fourth-order valence-electron chi connectivity index (χ4n) is 2.23. The fraction of sp³-hybridized carbons (Fsp3) is 0.467. The van der Waals surface area contributed by atoms with Gasteiger partial charge in [0.25, 0.3) is 0 Å². The second kappa shape index (κ2) is 8.14. The van der Waals surface area contributed by atoms with E-state index in [1.807, 2.05) is 4.90 Å². The molecule has 0 aliphatic carbocycles. The van der Waals surface area contributed by atoms with Gasteiger partial charge in [0.1, 0.15) is 5.82 Å². The molecule has 1 aliphatic rings. The van der Waals surface area contributed by atoms with E-state index < -0.39 is 0 Å². The van der Waals surface area contributed by atoms with E-state index in [4.69, 9.17) is 0 Å². The number of hydrogen-bond donors (Lipinski definition) is 1. The van der Waals surface area contributed by atoms with E-state index in [2.05, 4.69) is 5.32 Å². The number of benzene rings is 1. The first kappa shape index (κ1) is 16.8. The molecule has 1 heterocycles. The predicted molar refractivity (Wildman–Crippen MR) is 84.2 cm³/mol. The van der Waals surface area contributed by atoms with Crippen molar-refractivity contribution < 1.29 is 14.0 Å². The summed E-state index contributed by atoms with van der Waals surface area (Å²) in [6.07, 6.45) is 0. The molecule has 5 nitrogen and oxygen atoms in total. The minimum atomic E-state index is -0.296. The lowest BCUT2D eigenvalue weighted by atomic mass is 10.3. The first-order chi connectivity index (χ1) is 10.6. The molecule has 2 amide bonds. The maximum absolute atomic E-state index is 13.5. The van der Waals surface area contributed by atoms with Gasteiger partial charge in [-0.05, 0) is 12.1 Å². The average Bonchev–Trinajstić information content (AvgIpc) is 2.54. The van der Waals surface area contributed by atoms with E-state index in [0.717, 1.165) is 0 Å². The molecule has 0 saturated carbocycles. The molecule has 0 aromatic heterocycles. The van der Waals surface area contributed by atoms with Gasteiger partial charge in [-0.2, -0.15) is 0 Å². The molecule has 0 bridgehead atoms. The molecule has 1 N–H and O–H groups in total. The van der Waals surface area contributed by atoms with Crippen LogP contribution in [0.2, 0.25) is 0 Å². The Labute approximate surface area is 133 Å². The topological polar surface area (TPSA) is 52.7 Å². The molecule has 0 atom stereocenters. The smallest absolute Gasteiger partial charge is 0.233 e. The van der Waals surface area contributed by atoms with Crippen LogP contribution >= 0.6 is 11.8 Å². The summed E-state index contributed by atoms with van der Waals surface area (Å²) in [6.45, 7) is 2.94. The van der Waals surface area contributed by atoms with Crippen molar-refractivity contribution in [1.82, 2.24) is 15.1 Å². The maximum atomic E-state index is 13.5. The third-order valence-corrected chi connectivity index (χ3v) is 4.59. The van der Waals surface area contributed by atoms with E-state index in [0.29, 0.717) is 37.6 Å². The summed E-state index contributed by atoms with van der Waals surface area (Å²) in [5.74, 6) is -0.0745. The molecule has 2 rings (SSSR count). The molecule has 1 aromatic carbocycles. The van der Waals surface area contributed by atoms with Crippen LogP contribution in [-0.2, 0) is 9.59 Å². The zero-order valence-electron chi connectivity index (χ0n) is 12.5. The molecule has 1 fully saturated rings. The van der Waals surface area contributed by atoms with E-state index in [-0.39, 0.29) is 23.4 Å². The van der Waals surface area contributed by atoms with Crippen LogP contribution in [0.5, 0.6) is 0 Å². The van der Waals surface area contributed by atoms with Crippen molar-refractivity contribution in [2.45, 2.75) is 4.90 Å². The summed E-state index contributed by atoms with van der Waals surface area (Å²) in [4.78, 5) is 27.8. The van der Waals surface area contributed by atoms with Crippen molar-refractivity contribution in [2.24, 2.45) is 0 Å². The average molecular weight is 325 g/mol. The highest BCUT2D eigenvalue weighted by atomic mass is 32.2. The largest absolute Gasteiger partial charge is 0.358 e. The van der Waals surface area contributed by atoms with Gasteiger partial charge in [-0.3, -0.25) is 14.5 Å². The Balaban J connectivity index is 1.76. The zero-order valence-corrected chi connectivity index (χ0v) is 13.4. The quantitative estimate of drug-likeness (QED) is 0.814. The van der Waals surface area contributed by atoms with Crippen LogP contribution in [0.25, 0.3) is 0 Å². The summed E-state index contributed by atoms with van der Waals surface area (Å²) in [5.41, 5.74) is 0. The SMILES string of the molecule is CNC(=O)CN1CCN(C(=O)CSc2ccccc2F)CC1. The third kappa shape index (κ3) is 4.71. The molecule has 22 heavy (non-hydrogen) atoms. The van der Waals surface area contributed by atoms with Gasteiger partial charge in [0, 0.05) is 38.1 Å². The number of amides is 2. The predicted octanol–water partition coefficient (Wildman–Crippen LogP) is 0.808. The van der Waals surface area contributed by atoms with Crippen molar-refractivity contribution in [3.8, 4) is 0 Å². The lowest BCUT2D eigenvalue weighted by Crippen LogP contribution is -2.51. The molecule has 0 unspecified atom stereocenters. The highest BCUT2D eigenvalue weighted by Gasteiger charge is 2.22. The summed E-state index contributed by atoms with van der Waals surface area (Å²) in [5, 5.41) is 2.59. The first-order valence-electron chi connectivity index (χ1n) is 7.18. The van der Waals surface area contributed by atoms with Gasteiger partial charge in [0.2, 0.25) is 11.8 Å². The van der Waals surface area contributed by atoms with E-state index >= 15 is 0 Å². The number of nitrogens with one attached hydrogen (secondary N) is 1. The molecule has 1 aliphatic heterocycles. The van der Waals surface area contributed by atoms with Crippen molar-refractivity contribution in [3.05, 3.63) is 30.1 Å². The van der Waals surface area contributed by atoms with Gasteiger partial charge < -0.3 is 10.2 Å². The second-order valence-electron chi connectivity index (χ2n) is 5.05. The van der Waals surface area contributed by atoms with Gasteiger partial charge in [0.05, 0.1) is 12.3 Å². The van der Waals surface area contributed by atoms with Crippen LogP contribution in [0, 0.1) is 5.82 Å². The third-order valence-electron chi connectivity index (χ3n) is 3.56. The second-order valence-corrected chi connectivity index (χ2v) is 6.07. The van der Waals surface area contributed by atoms with Crippen LogP contribution in [-0.4, -0.2) is 67.1 Å². The molecule has 120 valence electrons. The molecule has 1 saturated heterocycles. The number of hydrogen-bond acceptors (Lipinski definition) is 4. The van der Waals surface area contributed by atoms with Crippen LogP contribution < -0.4 is 5.32 Å². The number of halogens is 1. The summed E-state index contributed by atoms with van der Waals surface area (Å²) in [6, 6.07) is 6.46. The van der Waals surface area contributed by atoms with Gasteiger partial charge in [0.15, 0.2) is 0 Å². The Morgan fingerprint density at radius 1 is 1.23 bits per heavy atom. The number of carbonyl (C=O) groups is 2. The van der Waals surface area contributed by atoms with Crippen molar-refractivity contribution in [2.75, 3.05) is 45.5 Å². The molecular formula is C15H20FN3O2S. The summed E-state index contributed by atoms with van der Waals surface area (Å²) >= 11 is 1.22. The highest BCUT2D eigenvalue weighted by Crippen LogP contribution is 2.21. The molecule has 0 radical (unpaired) electrons.